The lowest BCUT2D eigenvalue weighted by Gasteiger charge is -2.23. The second-order valence-electron chi connectivity index (χ2n) is 4.68. The van der Waals surface area contributed by atoms with E-state index in [1.165, 1.54) is 18.2 Å². The van der Waals surface area contributed by atoms with Crippen molar-refractivity contribution in [3.05, 3.63) is 18.2 Å². The number of hydrogen-bond donors (Lipinski definition) is 2. The molecule has 1 aliphatic rings. The quantitative estimate of drug-likeness (QED) is 0.870. The fraction of sp³-hybridized carbons (Fsp3) is 0.417. The summed E-state index contributed by atoms with van der Waals surface area (Å²) < 4.78 is 31.9. The van der Waals surface area contributed by atoms with Gasteiger partial charge in [-0.05, 0) is 32.9 Å². The number of nitrogens with one attached hydrogen (secondary N) is 2. The highest BCUT2D eigenvalue weighted by molar-refractivity contribution is 7.89. The van der Waals surface area contributed by atoms with Gasteiger partial charge in [-0.25, -0.2) is 13.1 Å². The van der Waals surface area contributed by atoms with Crippen LogP contribution in [0.15, 0.2) is 23.1 Å². The van der Waals surface area contributed by atoms with Crippen molar-refractivity contribution >= 4 is 21.6 Å². The number of ether oxygens (including phenoxy) is 1. The number of amides is 1. The van der Waals surface area contributed by atoms with E-state index >= 15 is 0 Å². The largest absolute Gasteiger partial charge is 0.479 e. The lowest BCUT2D eigenvalue weighted by atomic mass is 10.2. The molecule has 7 heteroatoms. The van der Waals surface area contributed by atoms with Crippen LogP contribution in [0.1, 0.15) is 20.8 Å². The summed E-state index contributed by atoms with van der Waals surface area (Å²) >= 11 is 0. The summed E-state index contributed by atoms with van der Waals surface area (Å²) in [5.41, 5.74) is 0.478. The molecule has 2 rings (SSSR count). The summed E-state index contributed by atoms with van der Waals surface area (Å²) in [6, 6.07) is 4.17. The fourth-order valence-corrected chi connectivity index (χ4v) is 2.99. The Kier molecular flexibility index (Phi) is 3.51. The van der Waals surface area contributed by atoms with E-state index in [0.717, 1.165) is 0 Å². The van der Waals surface area contributed by atoms with Crippen molar-refractivity contribution in [2.75, 3.05) is 5.32 Å². The highest BCUT2D eigenvalue weighted by Crippen LogP contribution is 2.31. The molecule has 1 heterocycles. The second-order valence-corrected chi connectivity index (χ2v) is 6.40. The van der Waals surface area contributed by atoms with Crippen molar-refractivity contribution in [3.8, 4) is 5.75 Å². The minimum absolute atomic E-state index is 0.114. The predicted molar refractivity (Wildman–Crippen MR) is 70.6 cm³/mol. The third-order valence-electron chi connectivity index (χ3n) is 2.59. The van der Waals surface area contributed by atoms with Gasteiger partial charge in [0.25, 0.3) is 5.91 Å². The van der Waals surface area contributed by atoms with Crippen molar-refractivity contribution < 1.29 is 17.9 Å². The molecule has 1 aliphatic heterocycles. The maximum Gasteiger partial charge on any atom is 0.265 e. The fourth-order valence-electron chi connectivity index (χ4n) is 1.73. The van der Waals surface area contributed by atoms with Crippen molar-refractivity contribution in [2.24, 2.45) is 0 Å². The van der Waals surface area contributed by atoms with Gasteiger partial charge in [0.2, 0.25) is 10.0 Å². The Labute approximate surface area is 112 Å². The molecule has 0 spiro atoms. The van der Waals surface area contributed by atoms with E-state index in [-0.39, 0.29) is 16.8 Å². The van der Waals surface area contributed by atoms with Crippen LogP contribution in [0.2, 0.25) is 0 Å². The van der Waals surface area contributed by atoms with Crippen LogP contribution in [0, 0.1) is 0 Å². The van der Waals surface area contributed by atoms with Gasteiger partial charge in [0.15, 0.2) is 6.10 Å². The number of rotatable bonds is 3. The van der Waals surface area contributed by atoms with Gasteiger partial charge in [0.05, 0.1) is 10.6 Å². The molecule has 104 valence electrons. The number of sulfonamides is 1. The molecule has 0 aromatic heterocycles. The van der Waals surface area contributed by atoms with Crippen LogP contribution in [0.4, 0.5) is 5.69 Å². The van der Waals surface area contributed by atoms with Crippen LogP contribution in [-0.2, 0) is 14.8 Å². The Bertz CT molecular complexity index is 610. The number of fused-ring (bicyclic) bond motifs is 1. The summed E-state index contributed by atoms with van der Waals surface area (Å²) in [4.78, 5) is 11.5. The predicted octanol–water partition coefficient (Wildman–Crippen LogP) is 1.09. The van der Waals surface area contributed by atoms with Gasteiger partial charge in [-0.2, -0.15) is 0 Å². The van der Waals surface area contributed by atoms with Crippen LogP contribution in [-0.4, -0.2) is 26.5 Å². The van der Waals surface area contributed by atoms with Crippen LogP contribution in [0.5, 0.6) is 5.75 Å². The summed E-state index contributed by atoms with van der Waals surface area (Å²) in [7, 11) is -3.57. The maximum absolute atomic E-state index is 12.0. The van der Waals surface area contributed by atoms with Gasteiger partial charge >= 0.3 is 0 Å². The molecule has 0 aliphatic carbocycles. The molecule has 0 saturated carbocycles. The molecular weight excluding hydrogens is 268 g/mol. The zero-order valence-electron chi connectivity index (χ0n) is 10.9. The number of anilines is 1. The topological polar surface area (TPSA) is 84.5 Å². The number of carbonyl (C=O) groups is 1. The van der Waals surface area contributed by atoms with Gasteiger partial charge in [-0.1, -0.05) is 0 Å². The average molecular weight is 284 g/mol. The smallest absolute Gasteiger partial charge is 0.265 e. The number of carbonyl (C=O) groups excluding carboxylic acids is 1. The Morgan fingerprint density at radius 1 is 1.37 bits per heavy atom. The van der Waals surface area contributed by atoms with Crippen LogP contribution < -0.4 is 14.8 Å². The van der Waals surface area contributed by atoms with Crippen LogP contribution in [0.25, 0.3) is 0 Å². The molecule has 1 atom stereocenters. The van der Waals surface area contributed by atoms with Gasteiger partial charge < -0.3 is 10.1 Å². The molecule has 2 N–H and O–H groups in total. The first-order valence-electron chi connectivity index (χ1n) is 5.93. The second kappa shape index (κ2) is 4.82. The van der Waals surface area contributed by atoms with E-state index < -0.39 is 16.1 Å². The highest BCUT2D eigenvalue weighted by Gasteiger charge is 2.25. The SMILES string of the molecule is CC(C)NS(=O)(=O)c1ccc2c(c1)O[C@H](C)C(=O)N2. The van der Waals surface area contributed by atoms with Crippen molar-refractivity contribution in [1.29, 1.82) is 0 Å². The van der Waals surface area contributed by atoms with Gasteiger partial charge in [-0.3, -0.25) is 4.79 Å². The Balaban J connectivity index is 2.37. The zero-order valence-corrected chi connectivity index (χ0v) is 11.7. The minimum Gasteiger partial charge on any atom is -0.479 e. The first kappa shape index (κ1) is 13.8. The van der Waals surface area contributed by atoms with Gasteiger partial charge in [-0.15, -0.1) is 0 Å². The first-order valence-corrected chi connectivity index (χ1v) is 7.42. The van der Waals surface area contributed by atoms with E-state index in [2.05, 4.69) is 10.0 Å². The molecule has 6 nitrogen and oxygen atoms in total. The van der Waals surface area contributed by atoms with E-state index in [9.17, 15) is 13.2 Å². The maximum atomic E-state index is 12.0. The zero-order chi connectivity index (χ0) is 14.2. The summed E-state index contributed by atoms with van der Waals surface area (Å²) in [6.45, 7) is 5.09. The Morgan fingerprint density at radius 3 is 2.68 bits per heavy atom. The minimum atomic E-state index is -3.57. The molecule has 0 fully saturated rings. The van der Waals surface area contributed by atoms with Crippen molar-refractivity contribution in [1.82, 2.24) is 4.72 Å². The molecule has 0 saturated heterocycles. The van der Waals surface area contributed by atoms with Crippen molar-refractivity contribution in [3.63, 3.8) is 0 Å². The molecule has 1 aromatic carbocycles. The molecule has 0 unspecified atom stereocenters. The summed E-state index contributed by atoms with van der Waals surface area (Å²) in [5.74, 6) is 0.113. The highest BCUT2D eigenvalue weighted by atomic mass is 32.2. The number of benzene rings is 1. The third-order valence-corrected chi connectivity index (χ3v) is 4.24. The summed E-state index contributed by atoms with van der Waals surface area (Å²) in [6.07, 6.45) is -0.636. The van der Waals surface area contributed by atoms with E-state index in [1.807, 2.05) is 0 Å². The van der Waals surface area contributed by atoms with Crippen molar-refractivity contribution in [2.45, 2.75) is 37.8 Å². The van der Waals surface area contributed by atoms with Crippen LogP contribution in [0.3, 0.4) is 0 Å². The normalized spacial score (nSPS) is 18.7. The van der Waals surface area contributed by atoms with Crippen LogP contribution >= 0.6 is 0 Å². The lowest BCUT2D eigenvalue weighted by molar-refractivity contribution is -0.122. The standard InChI is InChI=1S/C12H16N2O4S/c1-7(2)14-19(16,17)9-4-5-10-11(6-9)18-8(3)12(15)13-10/h4-8,14H,1-3H3,(H,13,15)/t8-/m1/s1. The molecule has 0 radical (unpaired) electrons. The Hall–Kier alpha value is -1.60. The van der Waals surface area contributed by atoms with Gasteiger partial charge in [0, 0.05) is 12.1 Å². The molecule has 0 bridgehead atoms. The van der Waals surface area contributed by atoms with E-state index in [4.69, 9.17) is 4.74 Å². The Morgan fingerprint density at radius 2 is 2.05 bits per heavy atom. The van der Waals surface area contributed by atoms with E-state index in [1.54, 1.807) is 20.8 Å². The third kappa shape index (κ3) is 2.87. The van der Waals surface area contributed by atoms with E-state index in [0.29, 0.717) is 11.4 Å². The number of hydrogen-bond acceptors (Lipinski definition) is 4. The molecule has 1 aromatic rings. The molecule has 1 amide bonds. The molecular formula is C12H16N2O4S. The van der Waals surface area contributed by atoms with Gasteiger partial charge in [0.1, 0.15) is 5.75 Å². The lowest BCUT2D eigenvalue weighted by Crippen LogP contribution is -2.35. The monoisotopic (exact) mass is 284 g/mol. The average Bonchev–Trinajstić information content (AvgIpc) is 2.28. The first-order chi connectivity index (χ1) is 8.79. The molecule has 19 heavy (non-hydrogen) atoms. The summed E-state index contributed by atoms with van der Waals surface area (Å²) in [5, 5.41) is 2.65.